The van der Waals surface area contributed by atoms with Crippen molar-refractivity contribution in [3.63, 3.8) is 0 Å². The molecule has 0 radical (unpaired) electrons. The van der Waals surface area contributed by atoms with E-state index in [1.54, 1.807) is 17.0 Å². The van der Waals surface area contributed by atoms with Crippen molar-refractivity contribution in [3.05, 3.63) is 82.9 Å². The Bertz CT molecular complexity index is 1190. The van der Waals surface area contributed by atoms with Crippen molar-refractivity contribution in [3.8, 4) is 0 Å². The van der Waals surface area contributed by atoms with Crippen molar-refractivity contribution in [1.82, 2.24) is 15.1 Å². The van der Waals surface area contributed by atoms with E-state index < -0.39 is 6.04 Å². The van der Waals surface area contributed by atoms with Crippen molar-refractivity contribution in [2.45, 2.75) is 52.1 Å². The van der Waals surface area contributed by atoms with E-state index in [1.807, 2.05) is 68.5 Å². The molecule has 1 heterocycles. The number of carbonyl (C=O) groups is 4. The molecule has 3 atom stereocenters. The summed E-state index contributed by atoms with van der Waals surface area (Å²) >= 11 is 6.09. The van der Waals surface area contributed by atoms with E-state index in [9.17, 15) is 19.2 Å². The van der Waals surface area contributed by atoms with Crippen LogP contribution in [-0.2, 0) is 32.1 Å². The van der Waals surface area contributed by atoms with Crippen molar-refractivity contribution in [2.75, 3.05) is 13.1 Å². The van der Waals surface area contributed by atoms with Crippen LogP contribution in [0.2, 0.25) is 5.02 Å². The lowest BCUT2D eigenvalue weighted by Crippen LogP contribution is -2.51. The van der Waals surface area contributed by atoms with Crippen LogP contribution in [-0.4, -0.2) is 52.6 Å². The number of carbonyl (C=O) groups excluding carboxylic acids is 4. The van der Waals surface area contributed by atoms with E-state index in [-0.39, 0.29) is 60.9 Å². The van der Waals surface area contributed by atoms with Crippen molar-refractivity contribution in [2.24, 2.45) is 17.8 Å². The van der Waals surface area contributed by atoms with E-state index in [1.165, 1.54) is 4.90 Å². The molecule has 1 aliphatic carbocycles. The second-order valence-corrected chi connectivity index (χ2v) is 11.2. The lowest BCUT2D eigenvalue weighted by Gasteiger charge is -2.32. The highest BCUT2D eigenvalue weighted by Gasteiger charge is 2.47. The molecule has 4 rings (SSSR count). The van der Waals surface area contributed by atoms with E-state index in [0.29, 0.717) is 30.8 Å². The molecule has 0 aromatic heterocycles. The van der Waals surface area contributed by atoms with Crippen molar-refractivity contribution in [1.29, 1.82) is 0 Å². The first kappa shape index (κ1) is 28.6. The largest absolute Gasteiger partial charge is 0.354 e. The molecule has 1 N–H and O–H groups in total. The van der Waals surface area contributed by atoms with Gasteiger partial charge in [-0.25, -0.2) is 0 Å². The first-order valence-electron chi connectivity index (χ1n) is 13.6. The number of benzene rings is 2. The first-order valence-corrected chi connectivity index (χ1v) is 14.0. The second-order valence-electron chi connectivity index (χ2n) is 10.7. The Labute approximate surface area is 235 Å². The van der Waals surface area contributed by atoms with Crippen LogP contribution in [0.4, 0.5) is 0 Å². The predicted octanol–water partition coefficient (Wildman–Crippen LogP) is 4.39. The Morgan fingerprint density at radius 2 is 1.56 bits per heavy atom. The summed E-state index contributed by atoms with van der Waals surface area (Å²) in [6.45, 7) is 4.72. The summed E-state index contributed by atoms with van der Waals surface area (Å²) in [6, 6.07) is 16.0. The Balaban J connectivity index is 1.57. The van der Waals surface area contributed by atoms with Gasteiger partial charge in [0, 0.05) is 37.5 Å². The van der Waals surface area contributed by atoms with Crippen LogP contribution in [0.1, 0.15) is 44.2 Å². The van der Waals surface area contributed by atoms with Crippen LogP contribution in [0, 0.1) is 17.8 Å². The molecule has 0 spiro atoms. The van der Waals surface area contributed by atoms with Crippen LogP contribution in [0.25, 0.3) is 0 Å². The molecule has 2 aromatic carbocycles. The number of rotatable bonds is 11. The standard InChI is InChI=1S/C31H36ClN3O4/c1-21(2)19-33-29(37)27(18-22-8-4-3-5-9-22)35(20-23-12-14-24(32)15-13-23)28(36)16-17-34-30(38)25-10-6-7-11-26(25)31(34)39/h3-9,12-15,21,25-27H,10-11,16-20H2,1-2H3,(H,33,37)/t25-,26+,27-/m1/s1. The van der Waals surface area contributed by atoms with Crippen molar-refractivity contribution >= 4 is 35.2 Å². The monoisotopic (exact) mass is 549 g/mol. The third-order valence-electron chi connectivity index (χ3n) is 7.37. The van der Waals surface area contributed by atoms with Gasteiger partial charge < -0.3 is 10.2 Å². The quantitative estimate of drug-likeness (QED) is 0.332. The van der Waals surface area contributed by atoms with Gasteiger partial charge in [-0.3, -0.25) is 24.1 Å². The smallest absolute Gasteiger partial charge is 0.243 e. The van der Waals surface area contributed by atoms with Gasteiger partial charge in [-0.15, -0.1) is 0 Å². The zero-order valence-electron chi connectivity index (χ0n) is 22.5. The molecule has 4 amide bonds. The number of hydrogen-bond acceptors (Lipinski definition) is 4. The van der Waals surface area contributed by atoms with Gasteiger partial charge in [-0.2, -0.15) is 0 Å². The lowest BCUT2D eigenvalue weighted by atomic mass is 9.85. The maximum Gasteiger partial charge on any atom is 0.243 e. The van der Waals surface area contributed by atoms with Crippen LogP contribution in [0.15, 0.2) is 66.7 Å². The van der Waals surface area contributed by atoms with Gasteiger partial charge in [-0.05, 0) is 42.0 Å². The number of likely N-dealkylation sites (tertiary alicyclic amines) is 1. The first-order chi connectivity index (χ1) is 18.7. The number of imide groups is 1. The topological polar surface area (TPSA) is 86.8 Å². The molecule has 0 bridgehead atoms. The molecule has 2 aromatic rings. The third-order valence-corrected chi connectivity index (χ3v) is 7.62. The number of allylic oxidation sites excluding steroid dienone is 2. The molecular weight excluding hydrogens is 514 g/mol. The number of halogens is 1. The fourth-order valence-corrected chi connectivity index (χ4v) is 5.33. The number of nitrogens with zero attached hydrogens (tertiary/aromatic N) is 2. The van der Waals surface area contributed by atoms with Gasteiger partial charge in [0.15, 0.2) is 0 Å². The van der Waals surface area contributed by atoms with E-state index in [4.69, 9.17) is 11.6 Å². The van der Waals surface area contributed by atoms with Gasteiger partial charge in [0.2, 0.25) is 23.6 Å². The van der Waals surface area contributed by atoms with Gasteiger partial charge in [0.05, 0.1) is 11.8 Å². The molecule has 39 heavy (non-hydrogen) atoms. The fourth-order valence-electron chi connectivity index (χ4n) is 5.20. The SMILES string of the molecule is CC(C)CNC(=O)[C@@H](Cc1ccccc1)N(Cc1ccc(Cl)cc1)C(=O)CCN1C(=O)[C@H]2CC=CC[C@H]2C1=O. The van der Waals surface area contributed by atoms with Gasteiger partial charge in [0.1, 0.15) is 6.04 Å². The van der Waals surface area contributed by atoms with Crippen LogP contribution >= 0.6 is 11.6 Å². The van der Waals surface area contributed by atoms with E-state index in [2.05, 4.69) is 5.32 Å². The summed E-state index contributed by atoms with van der Waals surface area (Å²) in [5, 5.41) is 3.58. The number of nitrogens with one attached hydrogen (secondary N) is 1. The summed E-state index contributed by atoms with van der Waals surface area (Å²) in [4.78, 5) is 56.1. The summed E-state index contributed by atoms with van der Waals surface area (Å²) in [5.41, 5.74) is 1.76. The van der Waals surface area contributed by atoms with Gasteiger partial charge >= 0.3 is 0 Å². The van der Waals surface area contributed by atoms with Crippen LogP contribution in [0.3, 0.4) is 0 Å². The highest BCUT2D eigenvalue weighted by atomic mass is 35.5. The predicted molar refractivity (Wildman–Crippen MR) is 150 cm³/mol. The van der Waals surface area contributed by atoms with Crippen LogP contribution < -0.4 is 5.32 Å². The summed E-state index contributed by atoms with van der Waals surface area (Å²) in [7, 11) is 0. The molecular formula is C31H36ClN3O4. The maximum absolute atomic E-state index is 13.8. The van der Waals surface area contributed by atoms with Gasteiger partial charge in [0.25, 0.3) is 0 Å². The van der Waals surface area contributed by atoms with E-state index >= 15 is 0 Å². The Morgan fingerprint density at radius 1 is 0.949 bits per heavy atom. The van der Waals surface area contributed by atoms with E-state index in [0.717, 1.165) is 11.1 Å². The molecule has 0 saturated carbocycles. The zero-order chi connectivity index (χ0) is 27.9. The summed E-state index contributed by atoms with van der Waals surface area (Å²) in [6.07, 6.45) is 5.27. The summed E-state index contributed by atoms with van der Waals surface area (Å²) < 4.78 is 0. The molecule has 1 saturated heterocycles. The second kappa shape index (κ2) is 13.1. The highest BCUT2D eigenvalue weighted by molar-refractivity contribution is 6.30. The Morgan fingerprint density at radius 3 is 2.15 bits per heavy atom. The molecule has 8 heteroatoms. The Kier molecular flexibility index (Phi) is 9.57. The Hall–Kier alpha value is -3.45. The molecule has 0 unspecified atom stereocenters. The lowest BCUT2D eigenvalue weighted by molar-refractivity contribution is -0.144. The third kappa shape index (κ3) is 7.15. The minimum absolute atomic E-state index is 0.00624. The maximum atomic E-state index is 13.8. The highest BCUT2D eigenvalue weighted by Crippen LogP contribution is 2.35. The average molecular weight is 550 g/mol. The zero-order valence-corrected chi connectivity index (χ0v) is 23.3. The molecule has 206 valence electrons. The molecule has 7 nitrogen and oxygen atoms in total. The summed E-state index contributed by atoms with van der Waals surface area (Å²) in [5.74, 6) is -1.37. The normalized spacial score (nSPS) is 19.2. The number of amides is 4. The average Bonchev–Trinajstić information content (AvgIpc) is 3.18. The van der Waals surface area contributed by atoms with Gasteiger partial charge in [-0.1, -0.05) is 80.1 Å². The molecule has 1 aliphatic heterocycles. The number of fused-ring (bicyclic) bond motifs is 1. The van der Waals surface area contributed by atoms with Crippen molar-refractivity contribution < 1.29 is 19.2 Å². The fraction of sp³-hybridized carbons (Fsp3) is 0.419. The number of hydrogen-bond donors (Lipinski definition) is 1. The molecule has 1 fully saturated rings. The molecule has 2 aliphatic rings. The minimum atomic E-state index is -0.772. The minimum Gasteiger partial charge on any atom is -0.354 e. The van der Waals surface area contributed by atoms with Crippen LogP contribution in [0.5, 0.6) is 0 Å².